The second-order valence-electron chi connectivity index (χ2n) is 7.40. The first-order valence-corrected chi connectivity index (χ1v) is 10.2. The van der Waals surface area contributed by atoms with Crippen molar-refractivity contribution in [3.8, 4) is 22.7 Å². The van der Waals surface area contributed by atoms with Crippen LogP contribution < -0.4 is 10.6 Å². The van der Waals surface area contributed by atoms with Crippen molar-refractivity contribution in [1.82, 2.24) is 25.6 Å². The number of nitrogens with zero attached hydrogens (tertiary/aromatic N) is 3. The molecule has 1 atom stereocenters. The van der Waals surface area contributed by atoms with E-state index in [1.165, 1.54) is 29.9 Å². The molecule has 4 aromatic rings. The lowest BCUT2D eigenvalue weighted by atomic mass is 10.1. The van der Waals surface area contributed by atoms with Crippen LogP contribution in [0.5, 0.6) is 0 Å². The summed E-state index contributed by atoms with van der Waals surface area (Å²) in [6.45, 7) is 4.57. The Morgan fingerprint density at radius 1 is 0.871 bits per heavy atom. The molecule has 2 N–H and O–H groups in total. The van der Waals surface area contributed by atoms with Crippen LogP contribution in [-0.4, -0.2) is 27.5 Å². The van der Waals surface area contributed by atoms with Gasteiger partial charge in [0.1, 0.15) is 0 Å². The largest absolute Gasteiger partial charge is 0.444 e. The van der Waals surface area contributed by atoms with Crippen LogP contribution in [0, 0.1) is 5.82 Å². The Labute approximate surface area is 180 Å². The van der Waals surface area contributed by atoms with E-state index in [4.69, 9.17) is 4.42 Å². The molecule has 0 aliphatic heterocycles. The molecule has 0 bridgehead atoms. The van der Waals surface area contributed by atoms with Gasteiger partial charge in [0.2, 0.25) is 0 Å². The Bertz CT molecular complexity index is 1060. The highest BCUT2D eigenvalue weighted by Gasteiger charge is 2.05. The van der Waals surface area contributed by atoms with Crippen LogP contribution in [-0.2, 0) is 13.1 Å². The van der Waals surface area contributed by atoms with Gasteiger partial charge in [-0.15, -0.1) is 0 Å². The summed E-state index contributed by atoms with van der Waals surface area (Å²) in [7, 11) is 0. The summed E-state index contributed by atoms with van der Waals surface area (Å²) in [5.74, 6) is 0.860. The predicted molar refractivity (Wildman–Crippen MR) is 117 cm³/mol. The molecule has 4 rings (SSSR count). The number of benzene rings is 2. The molecule has 0 amide bonds. The van der Waals surface area contributed by atoms with E-state index >= 15 is 0 Å². The van der Waals surface area contributed by atoms with Gasteiger partial charge in [-0.25, -0.2) is 19.3 Å². The van der Waals surface area contributed by atoms with Gasteiger partial charge >= 0.3 is 0 Å². The third-order valence-corrected chi connectivity index (χ3v) is 4.94. The normalized spacial score (nSPS) is 12.1. The molecule has 0 aliphatic rings. The van der Waals surface area contributed by atoms with Crippen molar-refractivity contribution in [2.45, 2.75) is 26.1 Å². The smallest absolute Gasteiger partial charge is 0.181 e. The maximum absolute atomic E-state index is 13.0. The van der Waals surface area contributed by atoms with E-state index in [0.717, 1.165) is 36.5 Å². The predicted octanol–water partition coefficient (Wildman–Crippen LogP) is 4.21. The number of oxazole rings is 1. The van der Waals surface area contributed by atoms with Crippen LogP contribution in [0.25, 0.3) is 22.7 Å². The Morgan fingerprint density at radius 2 is 1.52 bits per heavy atom. The Balaban J connectivity index is 1.19. The van der Waals surface area contributed by atoms with Crippen LogP contribution >= 0.6 is 0 Å². The molecule has 0 saturated heterocycles. The molecular weight excluding hydrogens is 393 g/mol. The minimum atomic E-state index is -0.435. The zero-order chi connectivity index (χ0) is 21.5. The van der Waals surface area contributed by atoms with Crippen molar-refractivity contribution in [3.05, 3.63) is 90.5 Å². The van der Waals surface area contributed by atoms with Crippen molar-refractivity contribution in [3.63, 3.8) is 0 Å². The zero-order valence-electron chi connectivity index (χ0n) is 17.3. The van der Waals surface area contributed by atoms with E-state index in [2.05, 4.69) is 44.6 Å². The van der Waals surface area contributed by atoms with Crippen LogP contribution in [0.3, 0.4) is 0 Å². The molecule has 2 heterocycles. The Morgan fingerprint density at radius 3 is 2.16 bits per heavy atom. The second-order valence-corrected chi connectivity index (χ2v) is 7.40. The van der Waals surface area contributed by atoms with Gasteiger partial charge < -0.3 is 15.1 Å². The number of aromatic nitrogens is 3. The average Bonchev–Trinajstić information content (AvgIpc) is 3.34. The number of hydrogen-bond donors (Lipinski definition) is 2. The lowest BCUT2D eigenvalue weighted by molar-refractivity contribution is 0.501. The van der Waals surface area contributed by atoms with Crippen molar-refractivity contribution in [2.75, 3.05) is 6.54 Å². The molecule has 31 heavy (non-hydrogen) atoms. The Kier molecular flexibility index (Phi) is 6.76. The fourth-order valence-electron chi connectivity index (χ4n) is 3.18. The minimum Gasteiger partial charge on any atom is -0.444 e. The highest BCUT2D eigenvalue weighted by molar-refractivity contribution is 5.56. The van der Waals surface area contributed by atoms with E-state index in [1.54, 1.807) is 6.20 Å². The fourth-order valence-corrected chi connectivity index (χ4v) is 3.18. The van der Waals surface area contributed by atoms with Crippen LogP contribution in [0.4, 0.5) is 4.39 Å². The average molecular weight is 417 g/mol. The fraction of sp³-hybridized carbons (Fsp3) is 0.208. The van der Waals surface area contributed by atoms with Gasteiger partial charge in [-0.05, 0) is 18.1 Å². The maximum Gasteiger partial charge on any atom is 0.181 e. The quantitative estimate of drug-likeness (QED) is 0.425. The summed E-state index contributed by atoms with van der Waals surface area (Å²) >= 11 is 0. The summed E-state index contributed by atoms with van der Waals surface area (Å²) < 4.78 is 18.3. The maximum atomic E-state index is 13.0. The number of hydrogen-bond acceptors (Lipinski definition) is 6. The van der Waals surface area contributed by atoms with E-state index in [0.29, 0.717) is 11.9 Å². The molecule has 2 aromatic carbocycles. The topological polar surface area (TPSA) is 75.9 Å². The molecule has 0 spiro atoms. The molecule has 158 valence electrons. The first-order chi connectivity index (χ1) is 15.2. The molecule has 2 aromatic heterocycles. The first-order valence-electron chi connectivity index (χ1n) is 10.2. The lowest BCUT2D eigenvalue weighted by Crippen LogP contribution is -2.35. The van der Waals surface area contributed by atoms with Crippen molar-refractivity contribution >= 4 is 0 Å². The summed E-state index contributed by atoms with van der Waals surface area (Å²) in [6.07, 6.45) is 5.51. The molecule has 0 aliphatic carbocycles. The monoisotopic (exact) mass is 417 g/mol. The molecule has 0 fully saturated rings. The summed E-state index contributed by atoms with van der Waals surface area (Å²) in [5, 5.41) is 7.00. The second kappa shape index (κ2) is 10.1. The number of nitrogens with one attached hydrogen (secondary N) is 2. The van der Waals surface area contributed by atoms with Crippen LogP contribution in [0.15, 0.2) is 77.9 Å². The first kappa shape index (κ1) is 20.8. The van der Waals surface area contributed by atoms with E-state index < -0.39 is 5.82 Å². The van der Waals surface area contributed by atoms with E-state index in [1.807, 2.05) is 36.4 Å². The third-order valence-electron chi connectivity index (χ3n) is 4.94. The zero-order valence-corrected chi connectivity index (χ0v) is 17.3. The highest BCUT2D eigenvalue weighted by atomic mass is 19.1. The standard InChI is InChI=1S/C24H24FN5O/c1-17(10-26-11-18-2-6-20(7-3-18)23-15-27-16-31-23)28-12-19-4-8-21(9-5-19)24-29-13-22(25)14-30-24/h2-9,13-17,26,28H,10-12H2,1H3. The summed E-state index contributed by atoms with van der Waals surface area (Å²) in [6, 6.07) is 16.6. The highest BCUT2D eigenvalue weighted by Crippen LogP contribution is 2.19. The lowest BCUT2D eigenvalue weighted by Gasteiger charge is -2.15. The molecule has 0 radical (unpaired) electrons. The van der Waals surface area contributed by atoms with Crippen LogP contribution in [0.1, 0.15) is 18.1 Å². The molecular formula is C24H24FN5O. The molecule has 0 saturated carbocycles. The molecule has 6 nitrogen and oxygen atoms in total. The van der Waals surface area contributed by atoms with Crippen molar-refractivity contribution in [2.24, 2.45) is 0 Å². The SMILES string of the molecule is CC(CNCc1ccc(-c2cnco2)cc1)NCc1ccc(-c2ncc(F)cn2)cc1. The molecule has 7 heteroatoms. The van der Waals surface area contributed by atoms with Gasteiger partial charge in [-0.3, -0.25) is 0 Å². The Hall–Kier alpha value is -3.42. The van der Waals surface area contributed by atoms with Gasteiger partial charge in [-0.1, -0.05) is 48.5 Å². The van der Waals surface area contributed by atoms with Gasteiger partial charge in [0.05, 0.1) is 18.6 Å². The van der Waals surface area contributed by atoms with Gasteiger partial charge in [0.15, 0.2) is 23.8 Å². The number of halogens is 1. The number of rotatable bonds is 9. The van der Waals surface area contributed by atoms with Gasteiger partial charge in [0, 0.05) is 36.8 Å². The van der Waals surface area contributed by atoms with Crippen molar-refractivity contribution < 1.29 is 8.81 Å². The minimum absolute atomic E-state index is 0.313. The van der Waals surface area contributed by atoms with Crippen LogP contribution in [0.2, 0.25) is 0 Å². The van der Waals surface area contributed by atoms with Crippen molar-refractivity contribution in [1.29, 1.82) is 0 Å². The van der Waals surface area contributed by atoms with E-state index in [-0.39, 0.29) is 0 Å². The summed E-state index contributed by atoms with van der Waals surface area (Å²) in [5.41, 5.74) is 4.27. The third kappa shape index (κ3) is 5.81. The molecule has 1 unspecified atom stereocenters. The van der Waals surface area contributed by atoms with Gasteiger partial charge in [0.25, 0.3) is 0 Å². The van der Waals surface area contributed by atoms with E-state index in [9.17, 15) is 4.39 Å². The van der Waals surface area contributed by atoms with Gasteiger partial charge in [-0.2, -0.15) is 0 Å². The summed E-state index contributed by atoms with van der Waals surface area (Å²) in [4.78, 5) is 12.0.